The predicted molar refractivity (Wildman–Crippen MR) is 117 cm³/mol. The van der Waals surface area contributed by atoms with Gasteiger partial charge in [-0.05, 0) is 67.7 Å². The van der Waals surface area contributed by atoms with Gasteiger partial charge in [-0.2, -0.15) is 0 Å². The van der Waals surface area contributed by atoms with Crippen LogP contribution in [0.15, 0.2) is 21.6 Å². The second-order valence-electron chi connectivity index (χ2n) is 8.53. The van der Waals surface area contributed by atoms with Gasteiger partial charge in [0.05, 0.1) is 0 Å². The molecule has 7 nitrogen and oxygen atoms in total. The summed E-state index contributed by atoms with van der Waals surface area (Å²) in [4.78, 5) is 12.7. The average Bonchev–Trinajstić information content (AvgIpc) is 3.38. The number of amides is 2. The average molecular weight is 431 g/mol. The lowest BCUT2D eigenvalue weighted by Gasteiger charge is -2.16. The Morgan fingerprint density at radius 1 is 1.13 bits per heavy atom. The first-order valence-electron chi connectivity index (χ1n) is 10.6. The van der Waals surface area contributed by atoms with E-state index in [-0.39, 0.29) is 5.09 Å². The van der Waals surface area contributed by atoms with Crippen molar-refractivity contribution in [2.45, 2.75) is 77.0 Å². The molecule has 4 N–H and O–H groups in total. The Labute approximate surface area is 178 Å². The van der Waals surface area contributed by atoms with Crippen molar-refractivity contribution in [3.8, 4) is 0 Å². The monoisotopic (exact) mass is 430 g/mol. The molecule has 1 aromatic carbocycles. The van der Waals surface area contributed by atoms with Crippen molar-refractivity contribution < 1.29 is 13.4 Å². The van der Waals surface area contributed by atoms with E-state index >= 15 is 0 Å². The van der Waals surface area contributed by atoms with Crippen LogP contribution in [0.3, 0.4) is 0 Å². The molecule has 2 aliphatic rings. The van der Waals surface area contributed by atoms with Crippen molar-refractivity contribution in [2.75, 3.05) is 5.32 Å². The number of carbonyl (C=O) groups is 1. The van der Waals surface area contributed by atoms with Gasteiger partial charge in [0.1, 0.15) is 5.76 Å². The third kappa shape index (κ3) is 4.11. The molecule has 0 spiro atoms. The van der Waals surface area contributed by atoms with Crippen LogP contribution >= 0.6 is 0 Å². The molecule has 0 saturated carbocycles. The minimum atomic E-state index is -3.60. The summed E-state index contributed by atoms with van der Waals surface area (Å²) in [6, 6.07) is 3.56. The van der Waals surface area contributed by atoms with Crippen LogP contribution in [0, 0.1) is 11.7 Å². The van der Waals surface area contributed by atoms with Gasteiger partial charge in [-0.3, -0.25) is 0 Å². The zero-order chi connectivity index (χ0) is 21.5. The van der Waals surface area contributed by atoms with Gasteiger partial charge in [0.25, 0.3) is 0 Å². The Morgan fingerprint density at radius 2 is 1.77 bits per heavy atom. The number of nitrogens with one attached hydrogen (secondary N) is 4. The number of benzene rings is 1. The Balaban J connectivity index is 1.52. The highest BCUT2D eigenvalue weighted by Gasteiger charge is 2.26. The quantitative estimate of drug-likeness (QED) is 0.551. The molecule has 162 valence electrons. The van der Waals surface area contributed by atoms with Crippen LogP contribution in [0.5, 0.6) is 0 Å². The lowest BCUT2D eigenvalue weighted by Crippen LogP contribution is -2.34. The lowest BCUT2D eigenvalue weighted by molar-refractivity contribution is 0.256. The van der Waals surface area contributed by atoms with E-state index in [9.17, 15) is 9.00 Å². The molecule has 0 bridgehead atoms. The normalized spacial score (nSPS) is 16.9. The summed E-state index contributed by atoms with van der Waals surface area (Å²) in [6.07, 6.45) is 6.13. The minimum Gasteiger partial charge on any atom is -0.449 e. The number of urea groups is 1. The molecule has 0 fully saturated rings. The molecule has 2 aromatic rings. The van der Waals surface area contributed by atoms with Crippen molar-refractivity contribution in [2.24, 2.45) is 0 Å². The van der Waals surface area contributed by atoms with Crippen LogP contribution < -0.4 is 15.4 Å². The Hall–Kier alpha value is -2.32. The molecule has 1 aromatic heterocycles. The lowest BCUT2D eigenvalue weighted by atomic mass is 9.99. The Morgan fingerprint density at radius 3 is 2.37 bits per heavy atom. The standard InChI is InChI=1S/C22H30N4O3S/c1-13(2)24-12-17-11-20(29-14(17)3)30(23,28)26-22(27)25-21-18-8-4-6-15(18)10-16-7-5-9-19(16)21/h10-11,13,24H,4-9,12H2,1-3H3,(H3,23,25,26,27,28). The first-order valence-corrected chi connectivity index (χ1v) is 12.2. The van der Waals surface area contributed by atoms with Gasteiger partial charge in [0.15, 0.2) is 9.92 Å². The fourth-order valence-electron chi connectivity index (χ4n) is 4.41. The second kappa shape index (κ2) is 8.07. The molecular weight excluding hydrogens is 400 g/mol. The van der Waals surface area contributed by atoms with E-state index in [1.54, 1.807) is 13.0 Å². The third-order valence-corrected chi connectivity index (χ3v) is 7.17. The number of carbonyl (C=O) groups excluding carboxylic acids is 1. The van der Waals surface area contributed by atoms with Gasteiger partial charge in [0, 0.05) is 29.9 Å². The van der Waals surface area contributed by atoms with Crippen LogP contribution in [0.4, 0.5) is 10.5 Å². The van der Waals surface area contributed by atoms with Crippen molar-refractivity contribution in [1.29, 1.82) is 4.78 Å². The van der Waals surface area contributed by atoms with E-state index in [1.807, 2.05) is 13.8 Å². The van der Waals surface area contributed by atoms with E-state index in [2.05, 4.69) is 21.4 Å². The van der Waals surface area contributed by atoms with Gasteiger partial charge in [-0.1, -0.05) is 19.9 Å². The highest BCUT2D eigenvalue weighted by molar-refractivity contribution is 7.91. The zero-order valence-electron chi connectivity index (χ0n) is 17.8. The molecule has 30 heavy (non-hydrogen) atoms. The number of hydrogen-bond donors (Lipinski definition) is 4. The van der Waals surface area contributed by atoms with Crippen molar-refractivity contribution in [3.05, 3.63) is 45.7 Å². The summed E-state index contributed by atoms with van der Waals surface area (Å²) < 4.78 is 29.1. The third-order valence-electron chi connectivity index (χ3n) is 5.93. The Bertz CT molecular complexity index is 1050. The Kier molecular flexibility index (Phi) is 5.63. The molecule has 1 heterocycles. The number of furan rings is 1. The summed E-state index contributed by atoms with van der Waals surface area (Å²) >= 11 is 0. The second-order valence-corrected chi connectivity index (χ2v) is 10.2. The number of anilines is 1. The highest BCUT2D eigenvalue weighted by Crippen LogP contribution is 2.38. The topological polar surface area (TPSA) is 107 Å². The molecule has 1 unspecified atom stereocenters. The van der Waals surface area contributed by atoms with Gasteiger partial charge in [-0.15, -0.1) is 0 Å². The first kappa shape index (κ1) is 20.9. The molecule has 0 saturated heterocycles. The maximum atomic E-state index is 12.9. The summed E-state index contributed by atoms with van der Waals surface area (Å²) in [5, 5.41) is 6.17. The maximum Gasteiger partial charge on any atom is 0.332 e. The van der Waals surface area contributed by atoms with Gasteiger partial charge >= 0.3 is 6.03 Å². The fourth-order valence-corrected chi connectivity index (χ4v) is 5.37. The van der Waals surface area contributed by atoms with Crippen molar-refractivity contribution in [1.82, 2.24) is 10.0 Å². The van der Waals surface area contributed by atoms with E-state index < -0.39 is 15.9 Å². The maximum absolute atomic E-state index is 12.9. The van der Waals surface area contributed by atoms with E-state index in [0.717, 1.165) is 49.8 Å². The largest absolute Gasteiger partial charge is 0.449 e. The van der Waals surface area contributed by atoms with Crippen LogP contribution in [0.1, 0.15) is 60.3 Å². The highest BCUT2D eigenvalue weighted by atomic mass is 32.2. The van der Waals surface area contributed by atoms with E-state index in [4.69, 9.17) is 9.20 Å². The fraction of sp³-hybridized carbons (Fsp3) is 0.500. The first-order chi connectivity index (χ1) is 14.2. The van der Waals surface area contributed by atoms with E-state index in [0.29, 0.717) is 18.3 Å². The molecule has 0 radical (unpaired) electrons. The molecule has 0 aliphatic heterocycles. The van der Waals surface area contributed by atoms with Crippen molar-refractivity contribution in [3.63, 3.8) is 0 Å². The van der Waals surface area contributed by atoms with Crippen molar-refractivity contribution >= 4 is 21.6 Å². The molecule has 8 heteroatoms. The smallest absolute Gasteiger partial charge is 0.332 e. The number of hydrogen-bond acceptors (Lipinski definition) is 5. The molecule has 1 atom stereocenters. The SMILES string of the molecule is Cc1oc(S(=N)(=O)NC(=O)Nc2c3c(cc4c2CCC4)CCC3)cc1CNC(C)C. The predicted octanol–water partition coefficient (Wildman–Crippen LogP) is 4.21. The number of aryl methyl sites for hydroxylation is 3. The van der Waals surface area contributed by atoms with Crippen LogP contribution in [0.2, 0.25) is 0 Å². The molecule has 2 amide bonds. The summed E-state index contributed by atoms with van der Waals surface area (Å²) in [7, 11) is -3.60. The molecule has 4 rings (SSSR count). The minimum absolute atomic E-state index is 0.0285. The van der Waals surface area contributed by atoms with E-state index in [1.165, 1.54) is 22.3 Å². The molecule has 2 aliphatic carbocycles. The number of rotatable bonds is 6. The van der Waals surface area contributed by atoms with Gasteiger partial charge < -0.3 is 15.1 Å². The summed E-state index contributed by atoms with van der Waals surface area (Å²) in [5.41, 5.74) is 6.70. The van der Waals surface area contributed by atoms with Gasteiger partial charge in [-0.25, -0.2) is 18.5 Å². The number of fused-ring (bicyclic) bond motifs is 2. The van der Waals surface area contributed by atoms with Crippen LogP contribution in [-0.4, -0.2) is 16.3 Å². The van der Waals surface area contributed by atoms with Crippen LogP contribution in [-0.2, 0) is 42.1 Å². The van der Waals surface area contributed by atoms with Crippen LogP contribution in [0.25, 0.3) is 0 Å². The summed E-state index contributed by atoms with van der Waals surface area (Å²) in [6.45, 7) is 6.39. The zero-order valence-corrected chi connectivity index (χ0v) is 18.6. The molecular formula is C22H30N4O3S. The summed E-state index contributed by atoms with van der Waals surface area (Å²) in [5.74, 6) is 0.596. The van der Waals surface area contributed by atoms with Gasteiger partial charge in [0.2, 0.25) is 5.09 Å².